The molecule has 3 heterocycles. The molecule has 1 unspecified atom stereocenters. The van der Waals surface area contributed by atoms with Crippen LogP contribution in [0.1, 0.15) is 0 Å². The molecule has 19 heavy (non-hydrogen) atoms. The molecule has 0 aliphatic carbocycles. The van der Waals surface area contributed by atoms with Crippen molar-refractivity contribution in [2.75, 3.05) is 31.6 Å². The maximum absolute atomic E-state index is 5.44. The lowest BCUT2D eigenvalue weighted by Crippen LogP contribution is -2.45. The van der Waals surface area contributed by atoms with Gasteiger partial charge in [-0.05, 0) is 28.1 Å². The normalized spacial score (nSPS) is 19.5. The van der Waals surface area contributed by atoms with Crippen LogP contribution in [-0.2, 0) is 4.74 Å². The predicted molar refractivity (Wildman–Crippen MR) is 78.3 cm³/mol. The number of anilines is 1. The van der Waals surface area contributed by atoms with Crippen LogP contribution in [0.25, 0.3) is 11.0 Å². The monoisotopic (exact) mass is 322 g/mol. The van der Waals surface area contributed by atoms with Gasteiger partial charge in [-0.1, -0.05) is 0 Å². The zero-order valence-electron chi connectivity index (χ0n) is 10.4. The van der Waals surface area contributed by atoms with Gasteiger partial charge in [-0.15, -0.1) is 0 Å². The molecule has 0 aromatic carbocycles. The summed E-state index contributed by atoms with van der Waals surface area (Å²) in [5, 5.41) is 6.83. The van der Waals surface area contributed by atoms with Gasteiger partial charge in [0.2, 0.25) is 0 Å². The first-order valence-electron chi connectivity index (χ1n) is 6.28. The summed E-state index contributed by atoms with van der Waals surface area (Å²) in [6.45, 7) is 3.27. The lowest BCUT2D eigenvalue weighted by molar-refractivity contribution is 0.0807. The van der Waals surface area contributed by atoms with Gasteiger partial charge >= 0.3 is 0 Å². The second kappa shape index (κ2) is 5.81. The molecule has 3 rings (SSSR count). The zero-order valence-corrected chi connectivity index (χ0v) is 12.0. The Bertz CT molecular complexity index is 572. The van der Waals surface area contributed by atoms with Crippen LogP contribution in [0.3, 0.4) is 0 Å². The highest BCUT2D eigenvalue weighted by Gasteiger charge is 2.13. The molecule has 0 bridgehead atoms. The lowest BCUT2D eigenvalue weighted by atomic mass is 10.2. The number of fused-ring (bicyclic) bond motifs is 1. The summed E-state index contributed by atoms with van der Waals surface area (Å²) < 4.78 is 6.37. The lowest BCUT2D eigenvalue weighted by Gasteiger charge is -2.24. The van der Waals surface area contributed by atoms with Gasteiger partial charge in [0.05, 0.1) is 24.4 Å². The van der Waals surface area contributed by atoms with Crippen molar-refractivity contribution in [1.29, 1.82) is 0 Å². The van der Waals surface area contributed by atoms with E-state index in [9.17, 15) is 0 Å². The molecule has 0 radical (unpaired) electrons. The number of nitrogens with zero attached hydrogens (tertiary/aromatic N) is 2. The Kier molecular flexibility index (Phi) is 3.91. The standard InChI is InChI=1S/C13H15BrN4O/c14-9-5-12-13(18-6-9)11(1-2-16-12)17-7-10-8-19-4-3-15-10/h1-2,5-6,10,15H,3-4,7-8H2,(H,16,17). The summed E-state index contributed by atoms with van der Waals surface area (Å²) >= 11 is 3.41. The molecule has 2 aromatic heterocycles. The fraction of sp³-hybridized carbons (Fsp3) is 0.385. The minimum absolute atomic E-state index is 0.340. The molecule has 2 N–H and O–H groups in total. The molecule has 1 saturated heterocycles. The van der Waals surface area contributed by atoms with Crippen LogP contribution in [0.2, 0.25) is 0 Å². The highest BCUT2D eigenvalue weighted by molar-refractivity contribution is 9.10. The number of aromatic nitrogens is 2. The topological polar surface area (TPSA) is 59.1 Å². The average Bonchev–Trinajstić information content (AvgIpc) is 2.45. The summed E-state index contributed by atoms with van der Waals surface area (Å²) in [5.41, 5.74) is 2.78. The first-order chi connectivity index (χ1) is 9.33. The van der Waals surface area contributed by atoms with Crippen LogP contribution in [0.15, 0.2) is 29.0 Å². The third-order valence-electron chi connectivity index (χ3n) is 3.08. The van der Waals surface area contributed by atoms with Crippen LogP contribution in [-0.4, -0.2) is 42.3 Å². The number of pyridine rings is 2. The molecule has 5 nitrogen and oxygen atoms in total. The van der Waals surface area contributed by atoms with Crippen molar-refractivity contribution < 1.29 is 4.74 Å². The third-order valence-corrected chi connectivity index (χ3v) is 3.52. The fourth-order valence-corrected chi connectivity index (χ4v) is 2.45. The van der Waals surface area contributed by atoms with Gasteiger partial charge in [-0.2, -0.15) is 0 Å². The van der Waals surface area contributed by atoms with Crippen molar-refractivity contribution in [3.8, 4) is 0 Å². The van der Waals surface area contributed by atoms with E-state index in [1.165, 1.54) is 0 Å². The highest BCUT2D eigenvalue weighted by atomic mass is 79.9. The van der Waals surface area contributed by atoms with Gasteiger partial charge in [0.15, 0.2) is 0 Å². The van der Waals surface area contributed by atoms with Crippen molar-refractivity contribution in [2.45, 2.75) is 6.04 Å². The zero-order chi connectivity index (χ0) is 13.1. The molecular weight excluding hydrogens is 308 g/mol. The van der Waals surface area contributed by atoms with Crippen LogP contribution in [0.5, 0.6) is 0 Å². The second-order valence-corrected chi connectivity index (χ2v) is 5.40. The molecular formula is C13H15BrN4O. The number of hydrogen-bond donors (Lipinski definition) is 2. The van der Waals surface area contributed by atoms with E-state index in [-0.39, 0.29) is 0 Å². The minimum Gasteiger partial charge on any atom is -0.382 e. The van der Waals surface area contributed by atoms with Gasteiger partial charge in [0, 0.05) is 36.0 Å². The Morgan fingerprint density at radius 3 is 3.26 bits per heavy atom. The molecule has 0 saturated carbocycles. The van der Waals surface area contributed by atoms with Gasteiger partial charge in [-0.25, -0.2) is 0 Å². The highest BCUT2D eigenvalue weighted by Crippen LogP contribution is 2.21. The van der Waals surface area contributed by atoms with Crippen LogP contribution in [0.4, 0.5) is 5.69 Å². The SMILES string of the molecule is Brc1cnc2c(NCC3COCCN3)ccnc2c1. The van der Waals surface area contributed by atoms with E-state index in [0.29, 0.717) is 6.04 Å². The summed E-state index contributed by atoms with van der Waals surface area (Å²) in [5.74, 6) is 0. The van der Waals surface area contributed by atoms with E-state index >= 15 is 0 Å². The molecule has 0 amide bonds. The average molecular weight is 323 g/mol. The van der Waals surface area contributed by atoms with Crippen LogP contribution >= 0.6 is 15.9 Å². The molecule has 6 heteroatoms. The van der Waals surface area contributed by atoms with Crippen molar-refractivity contribution in [3.63, 3.8) is 0 Å². The van der Waals surface area contributed by atoms with Crippen molar-refractivity contribution in [2.24, 2.45) is 0 Å². The Hall–Kier alpha value is -1.24. The van der Waals surface area contributed by atoms with E-state index in [0.717, 1.165) is 47.5 Å². The van der Waals surface area contributed by atoms with E-state index in [2.05, 4.69) is 36.5 Å². The number of halogens is 1. The molecule has 1 aliphatic rings. The van der Waals surface area contributed by atoms with Gasteiger partial charge < -0.3 is 15.4 Å². The van der Waals surface area contributed by atoms with E-state index in [1.54, 1.807) is 12.4 Å². The summed E-state index contributed by atoms with van der Waals surface area (Å²) in [7, 11) is 0. The molecule has 1 atom stereocenters. The quantitative estimate of drug-likeness (QED) is 0.902. The Morgan fingerprint density at radius 2 is 2.42 bits per heavy atom. The Labute approximate surface area is 119 Å². The fourth-order valence-electron chi connectivity index (χ4n) is 2.13. The smallest absolute Gasteiger partial charge is 0.112 e. The van der Waals surface area contributed by atoms with Crippen LogP contribution < -0.4 is 10.6 Å². The molecule has 1 fully saturated rings. The second-order valence-electron chi connectivity index (χ2n) is 4.49. The number of morpholine rings is 1. The van der Waals surface area contributed by atoms with Crippen molar-refractivity contribution in [3.05, 3.63) is 29.0 Å². The first-order valence-corrected chi connectivity index (χ1v) is 7.07. The molecule has 100 valence electrons. The van der Waals surface area contributed by atoms with E-state index < -0.39 is 0 Å². The van der Waals surface area contributed by atoms with Gasteiger partial charge in [0.1, 0.15) is 5.52 Å². The first kappa shape index (κ1) is 12.8. The predicted octanol–water partition coefficient (Wildman–Crippen LogP) is 1.79. The Balaban J connectivity index is 1.76. The minimum atomic E-state index is 0.340. The summed E-state index contributed by atoms with van der Waals surface area (Å²) in [6.07, 6.45) is 3.58. The maximum Gasteiger partial charge on any atom is 0.112 e. The van der Waals surface area contributed by atoms with E-state index in [1.807, 2.05) is 12.1 Å². The summed E-state index contributed by atoms with van der Waals surface area (Å²) in [6, 6.07) is 4.26. The number of ether oxygens (including phenoxy) is 1. The van der Waals surface area contributed by atoms with Crippen molar-refractivity contribution >= 4 is 32.7 Å². The van der Waals surface area contributed by atoms with Crippen LogP contribution in [0, 0.1) is 0 Å². The third kappa shape index (κ3) is 3.02. The Morgan fingerprint density at radius 1 is 1.47 bits per heavy atom. The molecule has 0 spiro atoms. The van der Waals surface area contributed by atoms with Gasteiger partial charge in [0.25, 0.3) is 0 Å². The van der Waals surface area contributed by atoms with Crippen molar-refractivity contribution in [1.82, 2.24) is 15.3 Å². The summed E-state index contributed by atoms with van der Waals surface area (Å²) in [4.78, 5) is 8.75. The number of hydrogen-bond acceptors (Lipinski definition) is 5. The molecule has 1 aliphatic heterocycles. The van der Waals surface area contributed by atoms with Gasteiger partial charge in [-0.3, -0.25) is 9.97 Å². The molecule has 2 aromatic rings. The largest absolute Gasteiger partial charge is 0.382 e. The van der Waals surface area contributed by atoms with E-state index in [4.69, 9.17) is 4.74 Å². The number of nitrogens with one attached hydrogen (secondary N) is 2. The maximum atomic E-state index is 5.44. The number of rotatable bonds is 3.